The van der Waals surface area contributed by atoms with Crippen LogP contribution in [0.3, 0.4) is 0 Å². The lowest BCUT2D eigenvalue weighted by atomic mass is 10.2. The zero-order chi connectivity index (χ0) is 16.4. The molecule has 0 atom stereocenters. The molecule has 0 fully saturated rings. The summed E-state index contributed by atoms with van der Waals surface area (Å²) < 4.78 is 5.19. The van der Waals surface area contributed by atoms with Crippen LogP contribution in [0.1, 0.15) is 21.7 Å². The molecule has 0 aliphatic heterocycles. The van der Waals surface area contributed by atoms with Crippen molar-refractivity contribution in [3.8, 4) is 11.3 Å². The Hall–Kier alpha value is -2.73. The predicted molar refractivity (Wildman–Crippen MR) is 86.4 cm³/mol. The molecule has 3 heterocycles. The number of anilines is 1. The molecule has 6 nitrogen and oxygen atoms in total. The molecule has 0 unspecified atom stereocenters. The van der Waals surface area contributed by atoms with Gasteiger partial charge in [0.1, 0.15) is 0 Å². The van der Waals surface area contributed by atoms with Gasteiger partial charge in [-0.2, -0.15) is 0 Å². The van der Waals surface area contributed by atoms with Crippen LogP contribution in [0.4, 0.5) is 5.69 Å². The zero-order valence-electron chi connectivity index (χ0n) is 12.5. The number of carbonyl (C=O) groups excluding carboxylic acids is 1. The largest absolute Gasteiger partial charge is 0.355 e. The molecule has 23 heavy (non-hydrogen) atoms. The van der Waals surface area contributed by atoms with Crippen molar-refractivity contribution in [1.29, 1.82) is 0 Å². The van der Waals surface area contributed by atoms with Gasteiger partial charge in [-0.05, 0) is 37.6 Å². The van der Waals surface area contributed by atoms with Crippen molar-refractivity contribution < 1.29 is 9.32 Å². The first-order chi connectivity index (χ1) is 11.0. The van der Waals surface area contributed by atoms with Crippen molar-refractivity contribution in [2.45, 2.75) is 13.8 Å². The molecule has 7 heteroatoms. The number of nitrogens with one attached hydrogen (secondary N) is 1. The molecule has 3 aromatic rings. The van der Waals surface area contributed by atoms with E-state index in [2.05, 4.69) is 20.4 Å². The zero-order valence-corrected chi connectivity index (χ0v) is 13.3. The molecule has 116 valence electrons. The molecular formula is C16H13ClN4O2. The Balaban J connectivity index is 1.84. The number of aromatic nitrogens is 3. The van der Waals surface area contributed by atoms with Gasteiger partial charge in [-0.3, -0.25) is 9.78 Å². The maximum atomic E-state index is 12.3. The van der Waals surface area contributed by atoms with E-state index in [1.807, 2.05) is 26.0 Å². The van der Waals surface area contributed by atoms with Gasteiger partial charge < -0.3 is 9.84 Å². The Labute approximate surface area is 137 Å². The van der Waals surface area contributed by atoms with E-state index in [9.17, 15) is 4.79 Å². The van der Waals surface area contributed by atoms with Gasteiger partial charge in [-0.15, -0.1) is 0 Å². The third kappa shape index (κ3) is 3.22. The van der Waals surface area contributed by atoms with Crippen LogP contribution >= 0.6 is 11.6 Å². The topological polar surface area (TPSA) is 80.9 Å². The summed E-state index contributed by atoms with van der Waals surface area (Å²) in [6.45, 7) is 3.68. The lowest BCUT2D eigenvalue weighted by Gasteiger charge is -2.09. The summed E-state index contributed by atoms with van der Waals surface area (Å²) in [5, 5.41) is 6.74. The molecule has 1 N–H and O–H groups in total. The van der Waals surface area contributed by atoms with Crippen LogP contribution in [0, 0.1) is 13.8 Å². The molecule has 0 aliphatic carbocycles. The Bertz CT molecular complexity index is 839. The van der Waals surface area contributed by atoms with Gasteiger partial charge >= 0.3 is 0 Å². The van der Waals surface area contributed by atoms with E-state index in [0.717, 1.165) is 16.8 Å². The first-order valence-electron chi connectivity index (χ1n) is 6.87. The fraction of sp³-hybridized carbons (Fsp3) is 0.125. The van der Waals surface area contributed by atoms with Crippen molar-refractivity contribution in [2.24, 2.45) is 0 Å². The number of pyridine rings is 2. The average Bonchev–Trinajstić information content (AvgIpc) is 3.01. The van der Waals surface area contributed by atoms with Gasteiger partial charge in [0.25, 0.3) is 5.91 Å². The van der Waals surface area contributed by atoms with E-state index in [1.165, 1.54) is 0 Å². The molecule has 1 amide bonds. The maximum absolute atomic E-state index is 12.3. The molecule has 3 aromatic heterocycles. The summed E-state index contributed by atoms with van der Waals surface area (Å²) in [5.41, 5.74) is 2.97. The third-order valence-corrected chi connectivity index (χ3v) is 3.50. The molecule has 0 aromatic carbocycles. The highest BCUT2D eigenvalue weighted by Gasteiger charge is 2.17. The SMILES string of the molecule is Cc1cc(C)c(NC(=O)c2cc(-c3cccnc3)on2)c(Cl)n1. The molecule has 0 saturated carbocycles. The van der Waals surface area contributed by atoms with Crippen LogP contribution in [0.2, 0.25) is 5.15 Å². The minimum Gasteiger partial charge on any atom is -0.355 e. The highest BCUT2D eigenvalue weighted by Crippen LogP contribution is 2.25. The van der Waals surface area contributed by atoms with Gasteiger partial charge in [0, 0.05) is 29.7 Å². The van der Waals surface area contributed by atoms with E-state index in [0.29, 0.717) is 11.4 Å². The fourth-order valence-corrected chi connectivity index (χ4v) is 2.48. The maximum Gasteiger partial charge on any atom is 0.277 e. The molecule has 0 spiro atoms. The van der Waals surface area contributed by atoms with Gasteiger partial charge in [-0.1, -0.05) is 16.8 Å². The summed E-state index contributed by atoms with van der Waals surface area (Å²) in [4.78, 5) is 20.4. The van der Waals surface area contributed by atoms with Crippen molar-refractivity contribution >= 4 is 23.2 Å². The number of amides is 1. The second-order valence-electron chi connectivity index (χ2n) is 5.02. The normalized spacial score (nSPS) is 10.6. The van der Waals surface area contributed by atoms with Gasteiger partial charge in [0.2, 0.25) is 0 Å². The molecular weight excluding hydrogens is 316 g/mol. The number of carbonyl (C=O) groups is 1. The van der Waals surface area contributed by atoms with Gasteiger partial charge in [0.15, 0.2) is 16.6 Å². The van der Waals surface area contributed by atoms with Crippen LogP contribution in [0.5, 0.6) is 0 Å². The highest BCUT2D eigenvalue weighted by molar-refractivity contribution is 6.32. The monoisotopic (exact) mass is 328 g/mol. The molecule has 0 bridgehead atoms. The Morgan fingerprint density at radius 2 is 2.13 bits per heavy atom. The smallest absolute Gasteiger partial charge is 0.277 e. The Morgan fingerprint density at radius 1 is 1.30 bits per heavy atom. The summed E-state index contributed by atoms with van der Waals surface area (Å²) in [6, 6.07) is 6.99. The van der Waals surface area contributed by atoms with Crippen LogP contribution < -0.4 is 5.32 Å². The number of halogens is 1. The first-order valence-corrected chi connectivity index (χ1v) is 7.24. The van der Waals surface area contributed by atoms with Crippen LogP contribution in [-0.2, 0) is 0 Å². The second kappa shape index (κ2) is 6.18. The van der Waals surface area contributed by atoms with E-state index in [-0.39, 0.29) is 10.8 Å². The quantitative estimate of drug-likeness (QED) is 0.742. The molecule has 0 saturated heterocycles. The summed E-state index contributed by atoms with van der Waals surface area (Å²) in [5.74, 6) is 0.0487. The average molecular weight is 329 g/mol. The first kappa shape index (κ1) is 15.2. The lowest BCUT2D eigenvalue weighted by Crippen LogP contribution is -2.14. The van der Waals surface area contributed by atoms with Crippen molar-refractivity contribution in [3.05, 3.63) is 58.8 Å². The van der Waals surface area contributed by atoms with Crippen molar-refractivity contribution in [1.82, 2.24) is 15.1 Å². The van der Waals surface area contributed by atoms with Gasteiger partial charge in [0.05, 0.1) is 5.69 Å². The van der Waals surface area contributed by atoms with Gasteiger partial charge in [-0.25, -0.2) is 4.98 Å². The highest BCUT2D eigenvalue weighted by atomic mass is 35.5. The predicted octanol–water partition coefficient (Wildman–Crippen LogP) is 3.65. The minimum absolute atomic E-state index is 0.153. The summed E-state index contributed by atoms with van der Waals surface area (Å²) in [6.07, 6.45) is 3.29. The third-order valence-electron chi connectivity index (χ3n) is 3.23. The Kier molecular flexibility index (Phi) is 4.08. The fourth-order valence-electron chi connectivity index (χ4n) is 2.15. The Morgan fingerprint density at radius 3 is 2.83 bits per heavy atom. The van der Waals surface area contributed by atoms with E-state index < -0.39 is 5.91 Å². The lowest BCUT2D eigenvalue weighted by molar-refractivity contribution is 0.101. The van der Waals surface area contributed by atoms with Crippen LogP contribution in [0.15, 0.2) is 41.2 Å². The van der Waals surface area contributed by atoms with Crippen molar-refractivity contribution in [3.63, 3.8) is 0 Å². The number of aryl methyl sites for hydroxylation is 2. The minimum atomic E-state index is -0.417. The second-order valence-corrected chi connectivity index (χ2v) is 5.38. The molecule has 0 radical (unpaired) electrons. The molecule has 0 aliphatic rings. The summed E-state index contributed by atoms with van der Waals surface area (Å²) in [7, 11) is 0. The number of rotatable bonds is 3. The van der Waals surface area contributed by atoms with Crippen molar-refractivity contribution in [2.75, 3.05) is 5.32 Å². The summed E-state index contributed by atoms with van der Waals surface area (Å²) >= 11 is 6.09. The number of hydrogen-bond acceptors (Lipinski definition) is 5. The van der Waals surface area contributed by atoms with E-state index >= 15 is 0 Å². The van der Waals surface area contributed by atoms with E-state index in [1.54, 1.807) is 24.5 Å². The van der Waals surface area contributed by atoms with Crippen LogP contribution in [-0.4, -0.2) is 21.0 Å². The standard InChI is InChI=1S/C16H13ClN4O2/c1-9-6-10(2)19-15(17)14(9)20-16(22)12-7-13(23-21-12)11-4-3-5-18-8-11/h3-8H,1-2H3,(H,20,22). The van der Waals surface area contributed by atoms with Crippen LogP contribution in [0.25, 0.3) is 11.3 Å². The molecule has 3 rings (SSSR count). The number of nitrogens with zero attached hydrogens (tertiary/aromatic N) is 3. The number of hydrogen-bond donors (Lipinski definition) is 1. The van der Waals surface area contributed by atoms with E-state index in [4.69, 9.17) is 16.1 Å².